The van der Waals surface area contributed by atoms with Gasteiger partial charge in [-0.3, -0.25) is 29.0 Å². The third kappa shape index (κ3) is 4.04. The number of amides is 4. The number of aromatic nitrogens is 1. The predicted octanol–water partition coefficient (Wildman–Crippen LogP) is 7.27. The molecule has 2 aliphatic carbocycles. The highest BCUT2D eigenvalue weighted by Gasteiger charge is 2.76. The minimum atomic E-state index is -1.94. The normalized spacial score (nSPS) is 29.1. The van der Waals surface area contributed by atoms with Crippen LogP contribution in [0.4, 0.5) is 5.69 Å². The summed E-state index contributed by atoms with van der Waals surface area (Å²) in [7, 11) is 0. The standard InChI is InChI=1S/C38H26BrCl2N3O6/c39-18-43-35(48)37(40)17-26-24(31(38(37,41)36(43)49)23-15-16-28(45)22-6-2-1-5-21(22)23)13-14-25-30(26)34(47)44(33(25)46)20-11-9-19(10-12-20)32-42-27-7-3-4-8-29(27)50-32/h1-13,15-16,25-26,30-31,45H,14,17-18H2/t25-,26+,30-,31-,37+,38-/m0/s1. The maximum Gasteiger partial charge on any atom is 0.254 e. The number of imide groups is 2. The average Bonchev–Trinajstić information content (AvgIpc) is 3.72. The van der Waals surface area contributed by atoms with Crippen LogP contribution in [0, 0.1) is 17.8 Å². The first-order chi connectivity index (χ1) is 24.1. The fraction of sp³-hybridized carbons (Fsp3) is 0.237. The molecule has 4 aliphatic rings. The molecule has 4 aromatic carbocycles. The number of allylic oxidation sites excluding steroid dienone is 2. The number of phenols is 1. The van der Waals surface area contributed by atoms with Crippen LogP contribution in [0.15, 0.2) is 101 Å². The predicted molar refractivity (Wildman–Crippen MR) is 191 cm³/mol. The molecular weight excluding hydrogens is 745 g/mol. The Morgan fingerprint density at radius 1 is 0.860 bits per heavy atom. The van der Waals surface area contributed by atoms with Gasteiger partial charge in [0.05, 0.1) is 23.0 Å². The first-order valence-corrected chi connectivity index (χ1v) is 18.0. The second-order valence-corrected chi connectivity index (χ2v) is 15.0. The van der Waals surface area contributed by atoms with Gasteiger partial charge in [0, 0.05) is 16.9 Å². The zero-order chi connectivity index (χ0) is 34.7. The molecule has 2 aliphatic heterocycles. The number of likely N-dealkylation sites (tertiary alicyclic amines) is 1. The Hall–Kier alpha value is -4.51. The molecule has 1 N–H and O–H groups in total. The number of hydrogen-bond acceptors (Lipinski definition) is 7. The number of rotatable bonds is 4. The van der Waals surface area contributed by atoms with E-state index in [1.165, 1.54) is 11.0 Å². The van der Waals surface area contributed by atoms with Crippen molar-refractivity contribution < 1.29 is 28.7 Å². The number of hydrogen-bond donors (Lipinski definition) is 1. The molecular formula is C38H26BrCl2N3O6. The number of anilines is 1. The molecule has 6 atom stereocenters. The van der Waals surface area contributed by atoms with E-state index in [1.807, 2.05) is 42.5 Å². The summed E-state index contributed by atoms with van der Waals surface area (Å²) in [4.78, 5) is 59.7. The van der Waals surface area contributed by atoms with E-state index in [-0.39, 0.29) is 30.0 Å². The molecule has 250 valence electrons. The van der Waals surface area contributed by atoms with Gasteiger partial charge in [0.1, 0.15) is 11.3 Å². The molecule has 4 amide bonds. The van der Waals surface area contributed by atoms with Crippen molar-refractivity contribution in [3.63, 3.8) is 0 Å². The van der Waals surface area contributed by atoms with E-state index in [0.29, 0.717) is 44.6 Å². The molecule has 12 heteroatoms. The number of halogens is 3. The van der Waals surface area contributed by atoms with Gasteiger partial charge >= 0.3 is 0 Å². The highest BCUT2D eigenvalue weighted by molar-refractivity contribution is 9.09. The van der Waals surface area contributed by atoms with Crippen molar-refractivity contribution in [2.45, 2.75) is 28.5 Å². The van der Waals surface area contributed by atoms with E-state index in [4.69, 9.17) is 27.6 Å². The number of phenolic OH excluding ortho intramolecular Hbond substituents is 1. The van der Waals surface area contributed by atoms with Crippen LogP contribution in [0.1, 0.15) is 24.3 Å². The van der Waals surface area contributed by atoms with Crippen molar-refractivity contribution in [3.8, 4) is 17.2 Å². The summed E-state index contributed by atoms with van der Waals surface area (Å²) < 4.78 is 5.90. The summed E-state index contributed by atoms with van der Waals surface area (Å²) in [5.74, 6) is -4.77. The lowest BCUT2D eigenvalue weighted by molar-refractivity contribution is -0.138. The minimum Gasteiger partial charge on any atom is -0.507 e. The van der Waals surface area contributed by atoms with Crippen molar-refractivity contribution in [1.29, 1.82) is 0 Å². The Morgan fingerprint density at radius 3 is 2.32 bits per heavy atom. The molecule has 3 fully saturated rings. The highest BCUT2D eigenvalue weighted by atomic mass is 79.9. The molecule has 0 unspecified atom stereocenters. The Bertz CT molecular complexity index is 2330. The minimum absolute atomic E-state index is 0.0420. The van der Waals surface area contributed by atoms with Gasteiger partial charge in [0.2, 0.25) is 17.7 Å². The molecule has 3 heterocycles. The molecule has 0 radical (unpaired) electrons. The molecule has 9 rings (SSSR count). The van der Waals surface area contributed by atoms with Gasteiger partial charge in [-0.2, -0.15) is 0 Å². The van der Waals surface area contributed by atoms with Gasteiger partial charge in [-0.05, 0) is 72.2 Å². The fourth-order valence-corrected chi connectivity index (χ4v) is 10.1. The highest BCUT2D eigenvalue weighted by Crippen LogP contribution is 2.66. The van der Waals surface area contributed by atoms with Crippen molar-refractivity contribution in [2.75, 3.05) is 10.4 Å². The van der Waals surface area contributed by atoms with Gasteiger partial charge in [0.15, 0.2) is 15.3 Å². The number of carbonyl (C=O) groups is 4. The smallest absolute Gasteiger partial charge is 0.254 e. The van der Waals surface area contributed by atoms with Gasteiger partial charge in [0.25, 0.3) is 11.8 Å². The number of benzene rings is 4. The molecule has 0 bridgehead atoms. The average molecular weight is 771 g/mol. The van der Waals surface area contributed by atoms with Crippen molar-refractivity contribution in [1.82, 2.24) is 9.88 Å². The monoisotopic (exact) mass is 769 g/mol. The fourth-order valence-electron chi connectivity index (χ4n) is 8.66. The number of carbonyl (C=O) groups excluding carboxylic acids is 4. The maximum atomic E-state index is 14.5. The van der Waals surface area contributed by atoms with Crippen LogP contribution in [-0.4, -0.2) is 53.8 Å². The first-order valence-electron chi connectivity index (χ1n) is 16.1. The SMILES string of the molecule is O=C1[C@H]2[C@H](CC=C3[C@H]2C[C@@]2(Cl)C(=O)N(CBr)C(=O)[C@@]2(Cl)[C@H]3c2ccc(O)c3ccccc23)C(=O)N1c1ccc(-c2nc3ccccc3o2)cc1. The largest absolute Gasteiger partial charge is 0.507 e. The van der Waals surface area contributed by atoms with Crippen molar-refractivity contribution >= 4 is 90.3 Å². The van der Waals surface area contributed by atoms with Crippen LogP contribution >= 0.6 is 39.1 Å². The van der Waals surface area contributed by atoms with Crippen LogP contribution in [0.3, 0.4) is 0 Å². The summed E-state index contributed by atoms with van der Waals surface area (Å²) in [6.45, 7) is 0. The molecule has 1 saturated carbocycles. The second kappa shape index (κ2) is 11.0. The van der Waals surface area contributed by atoms with E-state index in [2.05, 4.69) is 20.9 Å². The summed E-state index contributed by atoms with van der Waals surface area (Å²) >= 11 is 18.1. The zero-order valence-corrected chi connectivity index (χ0v) is 29.2. The van der Waals surface area contributed by atoms with Gasteiger partial charge < -0.3 is 9.52 Å². The topological polar surface area (TPSA) is 121 Å². The van der Waals surface area contributed by atoms with Crippen LogP contribution in [-0.2, 0) is 19.2 Å². The van der Waals surface area contributed by atoms with E-state index >= 15 is 0 Å². The quantitative estimate of drug-likeness (QED) is 0.0884. The van der Waals surface area contributed by atoms with E-state index < -0.39 is 51.1 Å². The summed E-state index contributed by atoms with van der Waals surface area (Å²) in [5.41, 5.74) is 3.61. The van der Waals surface area contributed by atoms with Crippen LogP contribution < -0.4 is 4.90 Å². The Labute approximate surface area is 303 Å². The number of nitrogens with zero attached hydrogens (tertiary/aromatic N) is 3. The Morgan fingerprint density at radius 2 is 1.58 bits per heavy atom. The lowest BCUT2D eigenvalue weighted by atomic mass is 9.56. The number of fused-ring (bicyclic) bond motifs is 6. The van der Waals surface area contributed by atoms with Crippen LogP contribution in [0.5, 0.6) is 5.75 Å². The molecule has 9 nitrogen and oxygen atoms in total. The van der Waals surface area contributed by atoms with Crippen molar-refractivity contribution in [3.05, 3.63) is 102 Å². The van der Waals surface area contributed by atoms with Crippen LogP contribution in [0.2, 0.25) is 0 Å². The Balaban J connectivity index is 1.14. The van der Waals surface area contributed by atoms with Gasteiger partial charge in [-0.25, -0.2) is 4.98 Å². The van der Waals surface area contributed by atoms with Crippen LogP contribution in [0.25, 0.3) is 33.3 Å². The lowest BCUT2D eigenvalue weighted by Gasteiger charge is -2.51. The molecule has 2 saturated heterocycles. The number of alkyl halides is 3. The molecule has 0 spiro atoms. The summed E-state index contributed by atoms with van der Waals surface area (Å²) in [6.07, 6.45) is 2.02. The maximum absolute atomic E-state index is 14.5. The second-order valence-electron chi connectivity index (χ2n) is 13.3. The molecule has 50 heavy (non-hydrogen) atoms. The molecule has 1 aromatic heterocycles. The Kier molecular flexibility index (Phi) is 6.92. The summed E-state index contributed by atoms with van der Waals surface area (Å²) in [6, 6.07) is 24.7. The number of oxazole rings is 1. The third-order valence-electron chi connectivity index (χ3n) is 10.9. The lowest BCUT2D eigenvalue weighted by Crippen LogP contribution is -2.60. The van der Waals surface area contributed by atoms with Gasteiger partial charge in [-0.1, -0.05) is 70.0 Å². The number of para-hydroxylation sites is 2. The van der Waals surface area contributed by atoms with Gasteiger partial charge in [-0.15, -0.1) is 23.2 Å². The summed E-state index contributed by atoms with van der Waals surface area (Å²) in [5, 5.41) is 11.9. The van der Waals surface area contributed by atoms with Crippen molar-refractivity contribution in [2.24, 2.45) is 17.8 Å². The third-order valence-corrected chi connectivity index (χ3v) is 12.8. The zero-order valence-electron chi connectivity index (χ0n) is 26.1. The van der Waals surface area contributed by atoms with E-state index in [0.717, 1.165) is 10.4 Å². The number of aromatic hydroxyl groups is 1. The first kappa shape index (κ1) is 31.5. The van der Waals surface area contributed by atoms with E-state index in [1.54, 1.807) is 42.5 Å². The molecule has 5 aromatic rings. The van der Waals surface area contributed by atoms with E-state index in [9.17, 15) is 24.3 Å².